The van der Waals surface area contributed by atoms with Crippen molar-refractivity contribution in [3.05, 3.63) is 119 Å². The molecule has 262 valence electrons. The van der Waals surface area contributed by atoms with Crippen molar-refractivity contribution in [3.8, 4) is 11.5 Å². The monoisotopic (exact) mass is 681 g/mol. The first kappa shape index (κ1) is 37.3. The van der Waals surface area contributed by atoms with E-state index in [2.05, 4.69) is 17.6 Å². The van der Waals surface area contributed by atoms with Crippen LogP contribution in [-0.2, 0) is 22.6 Å². The summed E-state index contributed by atoms with van der Waals surface area (Å²) in [5.74, 6) is -0.319. The number of carbonyl (C=O) groups is 4. The summed E-state index contributed by atoms with van der Waals surface area (Å²) in [4.78, 5) is 52.0. The largest absolute Gasteiger partial charge is 0.497 e. The molecule has 0 saturated carbocycles. The highest BCUT2D eigenvalue weighted by molar-refractivity contribution is 5.96. The number of hydrogen-bond acceptors (Lipinski definition) is 8. The Balaban J connectivity index is 1.30. The van der Waals surface area contributed by atoms with Gasteiger partial charge in [0, 0.05) is 29.9 Å². The molecular formula is C39H43N3O8. The number of nitrogens with one attached hydrogen (secondary N) is 2. The lowest BCUT2D eigenvalue weighted by molar-refractivity contribution is -0.116. The van der Waals surface area contributed by atoms with Crippen LogP contribution >= 0.6 is 0 Å². The van der Waals surface area contributed by atoms with Gasteiger partial charge in [-0.1, -0.05) is 50.5 Å². The number of aliphatic hydroxyl groups is 2. The van der Waals surface area contributed by atoms with Gasteiger partial charge < -0.3 is 35.2 Å². The predicted molar refractivity (Wildman–Crippen MR) is 190 cm³/mol. The van der Waals surface area contributed by atoms with E-state index in [0.717, 1.165) is 31.2 Å². The molecule has 0 saturated heterocycles. The zero-order valence-electron chi connectivity index (χ0n) is 28.3. The van der Waals surface area contributed by atoms with E-state index in [1.54, 1.807) is 92.0 Å². The minimum atomic E-state index is -1.76. The second kappa shape index (κ2) is 18.9. The van der Waals surface area contributed by atoms with Gasteiger partial charge in [-0.2, -0.15) is 0 Å². The van der Waals surface area contributed by atoms with Crippen molar-refractivity contribution < 1.29 is 38.9 Å². The number of esters is 1. The van der Waals surface area contributed by atoms with Crippen LogP contribution in [0.5, 0.6) is 11.5 Å². The molecule has 0 unspecified atom stereocenters. The lowest BCUT2D eigenvalue weighted by Crippen LogP contribution is -2.37. The van der Waals surface area contributed by atoms with Crippen LogP contribution in [-0.4, -0.2) is 58.7 Å². The SMILES string of the molecule is CCCCCCC(=O)Nc1ccc(C(=O)Oc2ccc(CN(CC(O)O)C(=O)c3ccc(NC(=O)Cc4ccc(OC)cc4)cc3)cc2)cc1. The summed E-state index contributed by atoms with van der Waals surface area (Å²) in [5.41, 5.74) is 3.20. The van der Waals surface area contributed by atoms with E-state index in [9.17, 15) is 29.4 Å². The molecule has 0 aliphatic rings. The van der Waals surface area contributed by atoms with E-state index in [1.165, 1.54) is 4.90 Å². The van der Waals surface area contributed by atoms with Gasteiger partial charge in [0.05, 0.1) is 25.6 Å². The predicted octanol–water partition coefficient (Wildman–Crippen LogP) is 5.96. The van der Waals surface area contributed by atoms with Crippen molar-refractivity contribution in [1.29, 1.82) is 0 Å². The van der Waals surface area contributed by atoms with Crippen molar-refractivity contribution in [2.24, 2.45) is 0 Å². The van der Waals surface area contributed by atoms with Gasteiger partial charge in [0.25, 0.3) is 5.91 Å². The summed E-state index contributed by atoms with van der Waals surface area (Å²) in [6.07, 6.45) is 2.92. The number of hydrogen-bond donors (Lipinski definition) is 4. The number of aliphatic hydroxyl groups excluding tert-OH is 1. The number of methoxy groups -OCH3 is 1. The Labute approximate surface area is 291 Å². The van der Waals surface area contributed by atoms with Crippen molar-refractivity contribution >= 4 is 35.1 Å². The molecule has 0 radical (unpaired) electrons. The summed E-state index contributed by atoms with van der Waals surface area (Å²) in [6, 6.07) is 26.5. The Bertz CT molecular complexity index is 1700. The first-order chi connectivity index (χ1) is 24.1. The quantitative estimate of drug-likeness (QED) is 0.0461. The van der Waals surface area contributed by atoms with Crippen molar-refractivity contribution in [1.82, 2.24) is 4.90 Å². The summed E-state index contributed by atoms with van der Waals surface area (Å²) in [7, 11) is 1.57. The zero-order valence-corrected chi connectivity index (χ0v) is 28.3. The third-order valence-electron chi connectivity index (χ3n) is 7.78. The molecule has 3 amide bonds. The van der Waals surface area contributed by atoms with E-state index in [-0.39, 0.29) is 37.1 Å². The number of unbranched alkanes of at least 4 members (excludes halogenated alkanes) is 3. The highest BCUT2D eigenvalue weighted by atomic mass is 16.5. The number of ether oxygens (including phenoxy) is 2. The van der Waals surface area contributed by atoms with E-state index in [1.807, 2.05) is 12.1 Å². The van der Waals surface area contributed by atoms with Gasteiger partial charge in [-0.05, 0) is 90.3 Å². The lowest BCUT2D eigenvalue weighted by Gasteiger charge is -2.24. The Morgan fingerprint density at radius 1 is 0.680 bits per heavy atom. The molecule has 4 aromatic carbocycles. The number of rotatable bonds is 17. The van der Waals surface area contributed by atoms with Crippen LogP contribution in [0.15, 0.2) is 97.1 Å². The topological polar surface area (TPSA) is 154 Å². The summed E-state index contributed by atoms with van der Waals surface area (Å²) in [6.45, 7) is 1.83. The molecule has 11 nitrogen and oxygen atoms in total. The Morgan fingerprint density at radius 2 is 1.24 bits per heavy atom. The van der Waals surface area contributed by atoms with Gasteiger partial charge in [0.15, 0.2) is 6.29 Å². The molecule has 0 aromatic heterocycles. The zero-order chi connectivity index (χ0) is 35.9. The maximum Gasteiger partial charge on any atom is 0.343 e. The number of benzene rings is 4. The molecule has 0 aliphatic carbocycles. The third kappa shape index (κ3) is 11.9. The Kier molecular flexibility index (Phi) is 14.1. The number of amides is 3. The third-order valence-corrected chi connectivity index (χ3v) is 7.78. The second-order valence-corrected chi connectivity index (χ2v) is 11.8. The molecule has 0 heterocycles. The normalized spacial score (nSPS) is 10.7. The van der Waals surface area contributed by atoms with Crippen LogP contribution in [0.4, 0.5) is 11.4 Å². The Hall–Kier alpha value is -5.52. The summed E-state index contributed by atoms with van der Waals surface area (Å²) in [5, 5.41) is 25.0. The average molecular weight is 682 g/mol. The molecule has 4 N–H and O–H groups in total. The standard InChI is InChI=1S/C39H43N3O8/c1-3-4-5-6-7-35(43)40-31-18-14-30(15-19-31)39(48)50-34-22-10-28(11-23-34)25-42(26-37(45)46)38(47)29-12-16-32(17-13-29)41-36(44)24-27-8-20-33(49-2)21-9-27/h8-23,37,45-46H,3-7,24-26H2,1-2H3,(H,40,43)(H,41,44). The number of anilines is 2. The summed E-state index contributed by atoms with van der Waals surface area (Å²) >= 11 is 0. The minimum Gasteiger partial charge on any atom is -0.497 e. The van der Waals surface area contributed by atoms with E-state index in [0.29, 0.717) is 40.2 Å². The smallest absolute Gasteiger partial charge is 0.343 e. The molecule has 0 atom stereocenters. The molecule has 50 heavy (non-hydrogen) atoms. The van der Waals surface area contributed by atoms with Gasteiger partial charge in [-0.3, -0.25) is 14.4 Å². The van der Waals surface area contributed by atoms with Crippen LogP contribution in [0.25, 0.3) is 0 Å². The number of carbonyl (C=O) groups excluding carboxylic acids is 4. The fourth-order valence-electron chi connectivity index (χ4n) is 5.10. The summed E-state index contributed by atoms with van der Waals surface area (Å²) < 4.78 is 10.6. The molecule has 4 rings (SSSR count). The molecule has 0 bridgehead atoms. The van der Waals surface area contributed by atoms with Crippen molar-refractivity contribution in [3.63, 3.8) is 0 Å². The highest BCUT2D eigenvalue weighted by Crippen LogP contribution is 2.20. The fourth-order valence-corrected chi connectivity index (χ4v) is 5.10. The first-order valence-corrected chi connectivity index (χ1v) is 16.5. The van der Waals surface area contributed by atoms with Crippen LogP contribution in [0.1, 0.15) is 70.9 Å². The number of nitrogens with zero attached hydrogens (tertiary/aromatic N) is 1. The Morgan fingerprint density at radius 3 is 1.82 bits per heavy atom. The fraction of sp³-hybridized carbons (Fsp3) is 0.282. The van der Waals surface area contributed by atoms with Crippen molar-refractivity contribution in [2.75, 3.05) is 24.3 Å². The van der Waals surface area contributed by atoms with Crippen LogP contribution < -0.4 is 20.1 Å². The van der Waals surface area contributed by atoms with Crippen molar-refractivity contribution in [2.45, 2.75) is 58.3 Å². The van der Waals surface area contributed by atoms with E-state index in [4.69, 9.17) is 9.47 Å². The molecule has 4 aromatic rings. The van der Waals surface area contributed by atoms with Gasteiger partial charge in [0.2, 0.25) is 11.8 Å². The molecule has 0 fully saturated rings. The maximum atomic E-state index is 13.3. The highest BCUT2D eigenvalue weighted by Gasteiger charge is 2.19. The lowest BCUT2D eigenvalue weighted by atomic mass is 10.1. The van der Waals surface area contributed by atoms with Gasteiger partial charge in [-0.25, -0.2) is 4.79 Å². The molecule has 0 aliphatic heterocycles. The van der Waals surface area contributed by atoms with E-state index >= 15 is 0 Å². The molecule has 0 spiro atoms. The second-order valence-electron chi connectivity index (χ2n) is 11.8. The average Bonchev–Trinajstić information content (AvgIpc) is 3.11. The van der Waals surface area contributed by atoms with Gasteiger partial charge in [-0.15, -0.1) is 0 Å². The van der Waals surface area contributed by atoms with Crippen LogP contribution in [0.3, 0.4) is 0 Å². The van der Waals surface area contributed by atoms with Gasteiger partial charge in [0.1, 0.15) is 11.5 Å². The van der Waals surface area contributed by atoms with E-state index < -0.39 is 18.2 Å². The molecule has 11 heteroatoms. The van der Waals surface area contributed by atoms with Crippen LogP contribution in [0.2, 0.25) is 0 Å². The maximum absolute atomic E-state index is 13.3. The molecular weight excluding hydrogens is 638 g/mol. The van der Waals surface area contributed by atoms with Crippen LogP contribution in [0, 0.1) is 0 Å². The van der Waals surface area contributed by atoms with Gasteiger partial charge >= 0.3 is 5.97 Å². The minimum absolute atomic E-state index is 0.0524. The first-order valence-electron chi connectivity index (χ1n) is 16.5.